The van der Waals surface area contributed by atoms with E-state index in [2.05, 4.69) is 29.4 Å². The lowest BCUT2D eigenvalue weighted by molar-refractivity contribution is 0.627. The van der Waals surface area contributed by atoms with Crippen LogP contribution in [0, 0.1) is 12.7 Å². The Hall–Kier alpha value is -2.20. The average Bonchev–Trinajstić information content (AvgIpc) is 2.91. The predicted octanol–water partition coefficient (Wildman–Crippen LogP) is 4.93. The largest absolute Gasteiger partial charge is 0.332 e. The Balaban J connectivity index is 1.68. The lowest BCUT2D eigenvalue weighted by atomic mass is 10.1. The maximum atomic E-state index is 12.9. The van der Waals surface area contributed by atoms with Gasteiger partial charge in [-0.3, -0.25) is 0 Å². The smallest absolute Gasteiger partial charge is 0.187 e. The van der Waals surface area contributed by atoms with Gasteiger partial charge in [-0.15, -0.1) is 11.3 Å². The Morgan fingerprint density at radius 2 is 1.76 bits per heavy atom. The Bertz CT molecular complexity index is 655. The van der Waals surface area contributed by atoms with Gasteiger partial charge in [0.1, 0.15) is 5.82 Å². The van der Waals surface area contributed by atoms with E-state index in [0.717, 1.165) is 27.7 Å². The number of anilines is 2. The molecule has 0 aliphatic carbocycles. The van der Waals surface area contributed by atoms with Gasteiger partial charge >= 0.3 is 0 Å². The molecule has 0 radical (unpaired) electrons. The third kappa shape index (κ3) is 3.67. The minimum atomic E-state index is -0.204. The molecule has 1 N–H and O–H groups in total. The number of hydrogen-bond donors (Lipinski definition) is 1. The van der Waals surface area contributed by atoms with Crippen molar-refractivity contribution in [3.05, 3.63) is 76.5 Å². The molecule has 0 saturated heterocycles. The summed E-state index contributed by atoms with van der Waals surface area (Å²) in [6, 6.07) is 14.8. The van der Waals surface area contributed by atoms with E-state index in [1.165, 1.54) is 17.7 Å². The van der Waals surface area contributed by atoms with Crippen molar-refractivity contribution in [3.8, 4) is 0 Å². The molecular formula is C17H15FN2S. The van der Waals surface area contributed by atoms with Crippen LogP contribution in [0.1, 0.15) is 16.0 Å². The molecule has 1 heterocycles. The summed E-state index contributed by atoms with van der Waals surface area (Å²) in [5, 5.41) is 4.17. The van der Waals surface area contributed by atoms with Gasteiger partial charge in [-0.25, -0.2) is 9.37 Å². The van der Waals surface area contributed by atoms with Crippen LogP contribution in [-0.4, -0.2) is 4.98 Å². The highest BCUT2D eigenvalue weighted by Gasteiger charge is 2.04. The summed E-state index contributed by atoms with van der Waals surface area (Å²) in [7, 11) is 0. The minimum absolute atomic E-state index is 0.204. The van der Waals surface area contributed by atoms with Gasteiger partial charge < -0.3 is 5.32 Å². The summed E-state index contributed by atoms with van der Waals surface area (Å²) in [6.45, 7) is 2.06. The van der Waals surface area contributed by atoms with Crippen molar-refractivity contribution in [2.75, 3.05) is 5.32 Å². The molecular weight excluding hydrogens is 283 g/mol. The standard InChI is InChI=1S/C17H15FN2S/c1-12-2-8-15(9-3-12)20-17-19-11-16(21-17)10-13-4-6-14(18)7-5-13/h2-9,11H,10H2,1H3,(H,19,20). The van der Waals surface area contributed by atoms with Crippen LogP contribution in [0.15, 0.2) is 54.7 Å². The van der Waals surface area contributed by atoms with Gasteiger partial charge in [-0.2, -0.15) is 0 Å². The van der Waals surface area contributed by atoms with Gasteiger partial charge in [-0.1, -0.05) is 29.8 Å². The van der Waals surface area contributed by atoms with Crippen molar-refractivity contribution in [1.29, 1.82) is 0 Å². The first-order chi connectivity index (χ1) is 10.2. The number of halogens is 1. The van der Waals surface area contributed by atoms with Gasteiger partial charge in [-0.05, 0) is 36.8 Å². The summed E-state index contributed by atoms with van der Waals surface area (Å²) in [4.78, 5) is 5.53. The minimum Gasteiger partial charge on any atom is -0.332 e. The molecule has 3 aromatic rings. The zero-order valence-electron chi connectivity index (χ0n) is 11.6. The molecule has 21 heavy (non-hydrogen) atoms. The first-order valence-corrected chi connectivity index (χ1v) is 7.53. The molecule has 0 saturated carbocycles. The van der Waals surface area contributed by atoms with E-state index in [0.29, 0.717) is 0 Å². The topological polar surface area (TPSA) is 24.9 Å². The number of aryl methyl sites for hydroxylation is 1. The van der Waals surface area contributed by atoms with Crippen LogP contribution < -0.4 is 5.32 Å². The monoisotopic (exact) mass is 298 g/mol. The Morgan fingerprint density at radius 1 is 1.05 bits per heavy atom. The van der Waals surface area contributed by atoms with Crippen LogP contribution in [0.3, 0.4) is 0 Å². The van der Waals surface area contributed by atoms with E-state index in [1.54, 1.807) is 11.3 Å². The summed E-state index contributed by atoms with van der Waals surface area (Å²) >= 11 is 1.61. The summed E-state index contributed by atoms with van der Waals surface area (Å²) < 4.78 is 12.9. The maximum Gasteiger partial charge on any atom is 0.187 e. The molecule has 3 rings (SSSR count). The first-order valence-electron chi connectivity index (χ1n) is 6.72. The van der Waals surface area contributed by atoms with Crippen LogP contribution >= 0.6 is 11.3 Å². The Morgan fingerprint density at radius 3 is 2.48 bits per heavy atom. The van der Waals surface area contributed by atoms with Crippen molar-refractivity contribution in [2.24, 2.45) is 0 Å². The van der Waals surface area contributed by atoms with Crippen molar-refractivity contribution in [1.82, 2.24) is 4.98 Å². The van der Waals surface area contributed by atoms with Crippen molar-refractivity contribution < 1.29 is 4.39 Å². The number of rotatable bonds is 4. The molecule has 0 spiro atoms. The highest BCUT2D eigenvalue weighted by atomic mass is 32.1. The molecule has 0 aliphatic heterocycles. The van der Waals surface area contributed by atoms with Crippen LogP contribution in [0.5, 0.6) is 0 Å². The predicted molar refractivity (Wildman–Crippen MR) is 85.8 cm³/mol. The molecule has 1 aromatic heterocycles. The molecule has 0 unspecified atom stereocenters. The highest BCUT2D eigenvalue weighted by Crippen LogP contribution is 2.24. The highest BCUT2D eigenvalue weighted by molar-refractivity contribution is 7.15. The lowest BCUT2D eigenvalue weighted by Crippen LogP contribution is -1.88. The van der Waals surface area contributed by atoms with Gasteiger partial charge in [0.15, 0.2) is 5.13 Å². The molecule has 2 aromatic carbocycles. The fourth-order valence-corrected chi connectivity index (χ4v) is 2.88. The fraction of sp³-hybridized carbons (Fsp3) is 0.118. The number of nitrogens with one attached hydrogen (secondary N) is 1. The number of benzene rings is 2. The first kappa shape index (κ1) is 13.8. The molecule has 0 bridgehead atoms. The summed E-state index contributed by atoms with van der Waals surface area (Å²) in [5.74, 6) is -0.204. The quantitative estimate of drug-likeness (QED) is 0.739. The van der Waals surface area contributed by atoms with E-state index < -0.39 is 0 Å². The SMILES string of the molecule is Cc1ccc(Nc2ncc(Cc3ccc(F)cc3)s2)cc1. The number of thiazole rings is 1. The second-order valence-corrected chi connectivity index (χ2v) is 6.04. The second-order valence-electron chi connectivity index (χ2n) is 4.93. The van der Waals surface area contributed by atoms with Crippen molar-refractivity contribution >= 4 is 22.2 Å². The van der Waals surface area contributed by atoms with Gasteiger partial charge in [0.05, 0.1) is 0 Å². The zero-order valence-corrected chi connectivity index (χ0v) is 12.5. The Labute approximate surface area is 127 Å². The molecule has 106 valence electrons. The van der Waals surface area contributed by atoms with Crippen molar-refractivity contribution in [2.45, 2.75) is 13.3 Å². The maximum absolute atomic E-state index is 12.9. The fourth-order valence-electron chi connectivity index (χ4n) is 2.01. The van der Waals surface area contributed by atoms with Crippen LogP contribution in [0.25, 0.3) is 0 Å². The Kier molecular flexibility index (Phi) is 3.97. The second kappa shape index (κ2) is 6.06. The average molecular weight is 298 g/mol. The van der Waals surface area contributed by atoms with E-state index >= 15 is 0 Å². The van der Waals surface area contributed by atoms with Crippen molar-refractivity contribution in [3.63, 3.8) is 0 Å². The number of nitrogens with zero attached hydrogens (tertiary/aromatic N) is 1. The number of hydrogen-bond acceptors (Lipinski definition) is 3. The lowest BCUT2D eigenvalue weighted by Gasteiger charge is -2.02. The molecule has 0 aliphatic rings. The zero-order chi connectivity index (χ0) is 14.7. The van der Waals surface area contributed by atoms with E-state index in [4.69, 9.17) is 0 Å². The van der Waals surface area contributed by atoms with Gasteiger partial charge in [0.2, 0.25) is 0 Å². The summed E-state index contributed by atoms with van der Waals surface area (Å²) in [6.07, 6.45) is 2.64. The molecule has 0 atom stereocenters. The third-order valence-corrected chi connectivity index (χ3v) is 4.06. The van der Waals surface area contributed by atoms with Crippen LogP contribution in [-0.2, 0) is 6.42 Å². The van der Waals surface area contributed by atoms with Crippen LogP contribution in [0.2, 0.25) is 0 Å². The molecule has 4 heteroatoms. The normalized spacial score (nSPS) is 10.6. The van der Waals surface area contributed by atoms with Crippen LogP contribution in [0.4, 0.5) is 15.2 Å². The summed E-state index contributed by atoms with van der Waals surface area (Å²) in [5.41, 5.74) is 3.35. The number of aromatic nitrogens is 1. The molecule has 0 fully saturated rings. The molecule has 2 nitrogen and oxygen atoms in total. The van der Waals surface area contributed by atoms with E-state index in [1.807, 2.05) is 30.5 Å². The van der Waals surface area contributed by atoms with E-state index in [9.17, 15) is 4.39 Å². The van der Waals surface area contributed by atoms with E-state index in [-0.39, 0.29) is 5.82 Å². The van der Waals surface area contributed by atoms with Gasteiger partial charge in [0.25, 0.3) is 0 Å². The molecule has 0 amide bonds. The third-order valence-electron chi connectivity index (χ3n) is 3.15. The van der Waals surface area contributed by atoms with Gasteiger partial charge in [0, 0.05) is 23.2 Å².